The predicted molar refractivity (Wildman–Crippen MR) is 111 cm³/mol. The largest absolute Gasteiger partial charge is 0.491 e. The molecule has 8 heteroatoms. The maximum absolute atomic E-state index is 12.0. The molecular formula is C16H28IN3O3S. The molecule has 3 N–H and O–H groups in total. The standard InChI is InChI=1S/C16H27N3O3S.HI/c1-12(2)22-14-8-6-13(7-9-14)19-15(17)18-10-11-23(20,21)16(3,4)5;/h6-9,12H,10-11H2,1-5H3,(H3,17,18,19);1H. The normalized spacial score (nSPS) is 12.7. The minimum atomic E-state index is -3.19. The average Bonchev–Trinajstić information content (AvgIpc) is 2.39. The molecule has 0 unspecified atom stereocenters. The summed E-state index contributed by atoms with van der Waals surface area (Å²) in [4.78, 5) is 4.06. The number of halogens is 1. The molecule has 0 spiro atoms. The number of benzene rings is 1. The third kappa shape index (κ3) is 7.69. The van der Waals surface area contributed by atoms with Crippen molar-refractivity contribution in [2.75, 3.05) is 17.6 Å². The van der Waals surface area contributed by atoms with Gasteiger partial charge in [-0.3, -0.25) is 4.99 Å². The molecule has 0 radical (unpaired) electrons. The van der Waals surface area contributed by atoms with Crippen LogP contribution in [-0.2, 0) is 9.84 Å². The summed E-state index contributed by atoms with van der Waals surface area (Å²) >= 11 is 0. The maximum Gasteiger partial charge on any atom is 0.193 e. The Morgan fingerprint density at radius 1 is 1.25 bits per heavy atom. The van der Waals surface area contributed by atoms with Crippen molar-refractivity contribution in [3.8, 4) is 5.75 Å². The summed E-state index contributed by atoms with van der Waals surface area (Å²) in [6, 6.07) is 7.32. The van der Waals surface area contributed by atoms with Crippen LogP contribution >= 0.6 is 24.0 Å². The van der Waals surface area contributed by atoms with Crippen molar-refractivity contribution in [3.05, 3.63) is 24.3 Å². The fraction of sp³-hybridized carbons (Fsp3) is 0.562. The van der Waals surface area contributed by atoms with E-state index >= 15 is 0 Å². The highest BCUT2D eigenvalue weighted by molar-refractivity contribution is 14.0. The maximum atomic E-state index is 12.0. The molecule has 24 heavy (non-hydrogen) atoms. The van der Waals surface area contributed by atoms with E-state index < -0.39 is 14.6 Å². The molecular weight excluding hydrogens is 441 g/mol. The first-order chi connectivity index (χ1) is 10.5. The van der Waals surface area contributed by atoms with Gasteiger partial charge in [-0.25, -0.2) is 8.42 Å². The molecule has 0 aliphatic carbocycles. The first-order valence-electron chi connectivity index (χ1n) is 7.57. The fourth-order valence-electron chi connectivity index (χ4n) is 1.67. The number of nitrogens with one attached hydrogen (secondary N) is 1. The van der Waals surface area contributed by atoms with E-state index in [1.807, 2.05) is 38.1 Å². The van der Waals surface area contributed by atoms with Crippen LogP contribution in [-0.4, -0.2) is 37.5 Å². The van der Waals surface area contributed by atoms with Crippen LogP contribution in [0.3, 0.4) is 0 Å². The molecule has 0 saturated heterocycles. The number of aliphatic imine (C=N–C) groups is 1. The number of nitrogens with zero attached hydrogens (tertiary/aromatic N) is 1. The zero-order chi connectivity index (χ0) is 17.7. The summed E-state index contributed by atoms with van der Waals surface area (Å²) in [5.41, 5.74) is 6.54. The third-order valence-corrected chi connectivity index (χ3v) is 5.66. The number of guanidine groups is 1. The van der Waals surface area contributed by atoms with E-state index in [9.17, 15) is 8.42 Å². The highest BCUT2D eigenvalue weighted by atomic mass is 127. The van der Waals surface area contributed by atoms with Gasteiger partial charge in [-0.1, -0.05) is 0 Å². The number of rotatable bonds is 6. The topological polar surface area (TPSA) is 93.8 Å². The van der Waals surface area contributed by atoms with Crippen LogP contribution in [0.2, 0.25) is 0 Å². The number of nitrogens with two attached hydrogens (primary N) is 1. The summed E-state index contributed by atoms with van der Waals surface area (Å²) in [5.74, 6) is 0.934. The van der Waals surface area contributed by atoms with Gasteiger partial charge >= 0.3 is 0 Å². The lowest BCUT2D eigenvalue weighted by Gasteiger charge is -2.18. The van der Waals surface area contributed by atoms with Crippen molar-refractivity contribution in [1.29, 1.82) is 0 Å². The Balaban J connectivity index is 0.00000529. The molecule has 0 aromatic heterocycles. The number of anilines is 1. The van der Waals surface area contributed by atoms with Crippen molar-refractivity contribution < 1.29 is 13.2 Å². The van der Waals surface area contributed by atoms with Crippen LogP contribution in [0.15, 0.2) is 29.3 Å². The highest BCUT2D eigenvalue weighted by Crippen LogP contribution is 2.17. The minimum absolute atomic E-state index is 0. The van der Waals surface area contributed by atoms with Crippen molar-refractivity contribution in [2.24, 2.45) is 10.7 Å². The molecule has 0 aliphatic heterocycles. The molecule has 0 aliphatic rings. The number of hydrogen-bond acceptors (Lipinski definition) is 4. The quantitative estimate of drug-likeness (QED) is 0.380. The Morgan fingerprint density at radius 2 is 1.79 bits per heavy atom. The van der Waals surface area contributed by atoms with Crippen LogP contribution in [0.5, 0.6) is 5.75 Å². The lowest BCUT2D eigenvalue weighted by molar-refractivity contribution is 0.242. The van der Waals surface area contributed by atoms with Crippen molar-refractivity contribution in [2.45, 2.75) is 45.5 Å². The number of sulfone groups is 1. The van der Waals surface area contributed by atoms with Crippen molar-refractivity contribution in [1.82, 2.24) is 0 Å². The minimum Gasteiger partial charge on any atom is -0.491 e. The molecule has 1 aromatic carbocycles. The summed E-state index contributed by atoms with van der Waals surface area (Å²) in [7, 11) is -3.19. The molecule has 1 rings (SSSR count). The average molecular weight is 469 g/mol. The lowest BCUT2D eigenvalue weighted by Crippen LogP contribution is -2.32. The molecule has 0 saturated carbocycles. The van der Waals surface area contributed by atoms with Gasteiger partial charge in [0, 0.05) is 5.69 Å². The van der Waals surface area contributed by atoms with Gasteiger partial charge in [0.2, 0.25) is 0 Å². The zero-order valence-electron chi connectivity index (χ0n) is 14.9. The second kappa shape index (κ2) is 9.45. The summed E-state index contributed by atoms with van der Waals surface area (Å²) < 4.78 is 28.7. The first kappa shape index (κ1) is 23.0. The van der Waals surface area contributed by atoms with Gasteiger partial charge in [0.25, 0.3) is 0 Å². The van der Waals surface area contributed by atoms with Gasteiger partial charge in [0.1, 0.15) is 5.75 Å². The van der Waals surface area contributed by atoms with E-state index in [4.69, 9.17) is 10.5 Å². The Morgan fingerprint density at radius 3 is 2.25 bits per heavy atom. The SMILES string of the molecule is CC(C)Oc1ccc(NC(N)=NCCS(=O)(=O)C(C)(C)C)cc1.I. The van der Waals surface area contributed by atoms with E-state index in [-0.39, 0.29) is 48.3 Å². The number of hydrogen-bond donors (Lipinski definition) is 2. The molecule has 1 aromatic rings. The van der Waals surface area contributed by atoms with E-state index in [2.05, 4.69) is 10.3 Å². The molecule has 138 valence electrons. The van der Waals surface area contributed by atoms with E-state index in [0.29, 0.717) is 0 Å². The third-order valence-electron chi connectivity index (χ3n) is 3.07. The monoisotopic (exact) mass is 469 g/mol. The Labute approximate surface area is 162 Å². The highest BCUT2D eigenvalue weighted by Gasteiger charge is 2.28. The van der Waals surface area contributed by atoms with Crippen LogP contribution in [0.25, 0.3) is 0 Å². The predicted octanol–water partition coefficient (Wildman–Crippen LogP) is 3.03. The second-order valence-electron chi connectivity index (χ2n) is 6.51. The van der Waals surface area contributed by atoms with Gasteiger partial charge in [-0.05, 0) is 58.9 Å². The van der Waals surface area contributed by atoms with Crippen molar-refractivity contribution in [3.63, 3.8) is 0 Å². The van der Waals surface area contributed by atoms with Gasteiger partial charge in [0.15, 0.2) is 15.8 Å². The smallest absolute Gasteiger partial charge is 0.193 e. The Hall–Kier alpha value is -1.03. The molecule has 6 nitrogen and oxygen atoms in total. The summed E-state index contributed by atoms with van der Waals surface area (Å²) in [6.45, 7) is 9.08. The van der Waals surface area contributed by atoms with Gasteiger partial charge in [-0.15, -0.1) is 24.0 Å². The Kier molecular flexibility index (Phi) is 9.05. The fourth-order valence-corrected chi connectivity index (χ4v) is 2.61. The summed E-state index contributed by atoms with van der Waals surface area (Å²) in [5, 5.41) is 2.92. The van der Waals surface area contributed by atoms with Gasteiger partial charge < -0.3 is 15.8 Å². The van der Waals surface area contributed by atoms with Crippen LogP contribution < -0.4 is 15.8 Å². The van der Waals surface area contributed by atoms with Gasteiger partial charge in [-0.2, -0.15) is 0 Å². The Bertz CT molecular complexity index is 636. The number of ether oxygens (including phenoxy) is 1. The van der Waals surface area contributed by atoms with Crippen LogP contribution in [0.4, 0.5) is 5.69 Å². The molecule has 0 amide bonds. The van der Waals surface area contributed by atoms with Gasteiger partial charge in [0.05, 0.1) is 23.1 Å². The summed E-state index contributed by atoms with van der Waals surface area (Å²) in [6.07, 6.45) is 0.116. The molecule has 0 fully saturated rings. The first-order valence-corrected chi connectivity index (χ1v) is 9.22. The second-order valence-corrected chi connectivity index (χ2v) is 9.38. The van der Waals surface area contributed by atoms with Crippen molar-refractivity contribution >= 4 is 45.5 Å². The molecule has 0 bridgehead atoms. The molecule has 0 heterocycles. The van der Waals surface area contributed by atoms with E-state index in [0.717, 1.165) is 11.4 Å². The van der Waals surface area contributed by atoms with Crippen LogP contribution in [0, 0.1) is 0 Å². The van der Waals surface area contributed by atoms with E-state index in [1.54, 1.807) is 20.8 Å². The molecule has 0 atom stereocenters. The zero-order valence-corrected chi connectivity index (χ0v) is 18.0. The van der Waals surface area contributed by atoms with E-state index in [1.165, 1.54) is 0 Å². The van der Waals surface area contributed by atoms with Crippen LogP contribution in [0.1, 0.15) is 34.6 Å². The lowest BCUT2D eigenvalue weighted by atomic mass is 10.3.